The summed E-state index contributed by atoms with van der Waals surface area (Å²) in [6, 6.07) is 15.8. The molecule has 0 aliphatic rings. The molecular formula is C23H32O5Si. The van der Waals surface area contributed by atoms with E-state index >= 15 is 0 Å². The van der Waals surface area contributed by atoms with Gasteiger partial charge in [-0.05, 0) is 45.4 Å². The zero-order valence-corrected chi connectivity index (χ0v) is 18.9. The molecule has 0 amide bonds. The highest BCUT2D eigenvalue weighted by Crippen LogP contribution is 2.31. The standard InChI is InChI=1S/C23H32O5Si/c1-5-22(24)20-15-12-16-23(28-19-13-10-9-11-14-19)21(20)17-18-29(25-6-2,26-7-3)27-8-4/h9-16H,5-8,17-18H2,1-4H3. The number of hydrogen-bond acceptors (Lipinski definition) is 5. The van der Waals surface area contributed by atoms with E-state index in [2.05, 4.69) is 0 Å². The monoisotopic (exact) mass is 416 g/mol. The lowest BCUT2D eigenvalue weighted by molar-refractivity contribution is 0.0713. The normalized spacial score (nSPS) is 11.4. The van der Waals surface area contributed by atoms with Gasteiger partial charge in [-0.2, -0.15) is 0 Å². The minimum atomic E-state index is -2.83. The largest absolute Gasteiger partial charge is 0.501 e. The average molecular weight is 417 g/mol. The Morgan fingerprint density at radius 1 is 0.828 bits per heavy atom. The molecule has 0 saturated heterocycles. The maximum absolute atomic E-state index is 12.6. The van der Waals surface area contributed by atoms with Crippen LogP contribution < -0.4 is 4.74 Å². The summed E-state index contributed by atoms with van der Waals surface area (Å²) in [6.07, 6.45) is 1.02. The third kappa shape index (κ3) is 6.50. The molecule has 2 rings (SSSR count). The predicted octanol–water partition coefficient (Wildman–Crippen LogP) is 5.66. The van der Waals surface area contributed by atoms with E-state index in [0.717, 1.165) is 11.3 Å². The third-order valence-electron chi connectivity index (χ3n) is 4.50. The van der Waals surface area contributed by atoms with Crippen molar-refractivity contribution in [3.8, 4) is 11.5 Å². The van der Waals surface area contributed by atoms with E-state index in [1.54, 1.807) is 0 Å². The summed E-state index contributed by atoms with van der Waals surface area (Å²) in [4.78, 5) is 12.6. The smallest absolute Gasteiger partial charge is 0.457 e. The summed E-state index contributed by atoms with van der Waals surface area (Å²) in [5.74, 6) is 1.51. The summed E-state index contributed by atoms with van der Waals surface area (Å²) in [5.41, 5.74) is 1.56. The molecule has 0 spiro atoms. The van der Waals surface area contributed by atoms with E-state index < -0.39 is 8.80 Å². The van der Waals surface area contributed by atoms with Gasteiger partial charge >= 0.3 is 8.80 Å². The fourth-order valence-corrected chi connectivity index (χ4v) is 5.82. The van der Waals surface area contributed by atoms with Crippen LogP contribution in [0.15, 0.2) is 48.5 Å². The molecule has 0 radical (unpaired) electrons. The fraction of sp³-hybridized carbons (Fsp3) is 0.435. The SMILES string of the molecule is CCO[Si](CCc1c(Oc2ccccc2)cccc1C(=O)CC)(OCC)OCC. The molecule has 29 heavy (non-hydrogen) atoms. The van der Waals surface area contributed by atoms with Gasteiger partial charge in [0.2, 0.25) is 0 Å². The summed E-state index contributed by atoms with van der Waals surface area (Å²) < 4.78 is 24.1. The van der Waals surface area contributed by atoms with E-state index in [1.807, 2.05) is 76.2 Å². The van der Waals surface area contributed by atoms with Gasteiger partial charge in [-0.25, -0.2) is 0 Å². The van der Waals surface area contributed by atoms with Crippen LogP contribution in [0.1, 0.15) is 50.0 Å². The molecule has 158 valence electrons. The Morgan fingerprint density at radius 3 is 2.00 bits per heavy atom. The number of benzene rings is 2. The highest BCUT2D eigenvalue weighted by Gasteiger charge is 2.40. The van der Waals surface area contributed by atoms with Gasteiger partial charge in [0.05, 0.1) is 0 Å². The molecule has 0 heterocycles. The first-order valence-corrected chi connectivity index (χ1v) is 12.3. The van der Waals surface area contributed by atoms with Crippen LogP contribution in [0.5, 0.6) is 11.5 Å². The van der Waals surface area contributed by atoms with Crippen LogP contribution in [0, 0.1) is 0 Å². The van der Waals surface area contributed by atoms with E-state index in [9.17, 15) is 4.79 Å². The fourth-order valence-electron chi connectivity index (χ4n) is 3.27. The van der Waals surface area contributed by atoms with Crippen molar-refractivity contribution in [1.29, 1.82) is 0 Å². The van der Waals surface area contributed by atoms with E-state index in [4.69, 9.17) is 18.0 Å². The summed E-state index contributed by atoms with van der Waals surface area (Å²) in [5, 5.41) is 0. The molecule has 5 nitrogen and oxygen atoms in total. The van der Waals surface area contributed by atoms with Crippen molar-refractivity contribution < 1.29 is 22.8 Å². The molecule has 2 aromatic carbocycles. The van der Waals surface area contributed by atoms with E-state index in [0.29, 0.717) is 50.0 Å². The summed E-state index contributed by atoms with van der Waals surface area (Å²) in [6.45, 7) is 9.27. The third-order valence-corrected chi connectivity index (χ3v) is 7.55. The summed E-state index contributed by atoms with van der Waals surface area (Å²) in [7, 11) is -2.83. The lowest BCUT2D eigenvalue weighted by Crippen LogP contribution is -2.46. The van der Waals surface area contributed by atoms with E-state index in [-0.39, 0.29) is 5.78 Å². The number of carbonyl (C=O) groups excluding carboxylic acids is 1. The van der Waals surface area contributed by atoms with Crippen LogP contribution in [-0.2, 0) is 19.7 Å². The zero-order chi connectivity index (χ0) is 21.1. The molecule has 0 atom stereocenters. The first-order chi connectivity index (χ1) is 14.1. The molecule has 2 aromatic rings. The zero-order valence-electron chi connectivity index (χ0n) is 17.9. The second kappa shape index (κ2) is 11.9. The van der Waals surface area contributed by atoms with Crippen LogP contribution in [-0.4, -0.2) is 34.4 Å². The quantitative estimate of drug-likeness (QED) is 0.311. The number of ether oxygens (including phenoxy) is 1. The molecule has 0 saturated carbocycles. The maximum atomic E-state index is 12.6. The molecule has 0 N–H and O–H groups in total. The number of para-hydroxylation sites is 1. The minimum absolute atomic E-state index is 0.0926. The first kappa shape index (κ1) is 23.3. The number of hydrogen-bond donors (Lipinski definition) is 0. The number of Topliss-reactive ketones (excluding diaryl/α,β-unsaturated/α-hetero) is 1. The van der Waals surface area contributed by atoms with Gasteiger partial charge < -0.3 is 18.0 Å². The maximum Gasteiger partial charge on any atom is 0.501 e. The highest BCUT2D eigenvalue weighted by atomic mass is 28.4. The van der Waals surface area contributed by atoms with Gasteiger partial charge in [0.15, 0.2) is 5.78 Å². The van der Waals surface area contributed by atoms with Crippen LogP contribution in [0.4, 0.5) is 0 Å². The average Bonchev–Trinajstić information content (AvgIpc) is 2.73. The second-order valence-electron chi connectivity index (χ2n) is 6.46. The predicted molar refractivity (Wildman–Crippen MR) is 117 cm³/mol. The molecule has 0 unspecified atom stereocenters. The lowest BCUT2D eigenvalue weighted by Gasteiger charge is -2.29. The molecule has 0 aliphatic carbocycles. The van der Waals surface area contributed by atoms with Crippen LogP contribution in [0.2, 0.25) is 6.04 Å². The number of rotatable bonds is 13. The van der Waals surface area contributed by atoms with Crippen molar-refractivity contribution in [1.82, 2.24) is 0 Å². The van der Waals surface area contributed by atoms with E-state index in [1.165, 1.54) is 0 Å². The van der Waals surface area contributed by atoms with Gasteiger partial charge in [-0.1, -0.05) is 37.3 Å². The Kier molecular flexibility index (Phi) is 9.54. The van der Waals surface area contributed by atoms with Gasteiger partial charge in [-0.3, -0.25) is 4.79 Å². The highest BCUT2D eigenvalue weighted by molar-refractivity contribution is 6.60. The summed E-state index contributed by atoms with van der Waals surface area (Å²) >= 11 is 0. The van der Waals surface area contributed by atoms with Crippen molar-refractivity contribution in [3.05, 3.63) is 59.7 Å². The van der Waals surface area contributed by atoms with Crippen LogP contribution in [0.25, 0.3) is 0 Å². The Bertz CT molecular complexity index is 746. The molecule has 0 aliphatic heterocycles. The van der Waals surface area contributed by atoms with Gasteiger partial charge in [-0.15, -0.1) is 0 Å². The van der Waals surface area contributed by atoms with Crippen LogP contribution in [0.3, 0.4) is 0 Å². The second-order valence-corrected chi connectivity index (χ2v) is 9.19. The Balaban J connectivity index is 2.38. The van der Waals surface area contributed by atoms with Crippen molar-refractivity contribution >= 4 is 14.6 Å². The topological polar surface area (TPSA) is 54.0 Å². The number of carbonyl (C=O) groups is 1. The van der Waals surface area contributed by atoms with Crippen molar-refractivity contribution in [2.24, 2.45) is 0 Å². The Hall–Kier alpha value is -1.99. The van der Waals surface area contributed by atoms with Crippen molar-refractivity contribution in [2.45, 2.75) is 46.6 Å². The lowest BCUT2D eigenvalue weighted by atomic mass is 9.99. The van der Waals surface area contributed by atoms with Crippen molar-refractivity contribution in [2.75, 3.05) is 19.8 Å². The van der Waals surface area contributed by atoms with Gasteiger partial charge in [0.25, 0.3) is 0 Å². The Labute approximate surface area is 175 Å². The minimum Gasteiger partial charge on any atom is -0.457 e. The van der Waals surface area contributed by atoms with Crippen LogP contribution >= 0.6 is 0 Å². The molecular weight excluding hydrogens is 384 g/mol. The first-order valence-electron chi connectivity index (χ1n) is 10.4. The van der Waals surface area contributed by atoms with Crippen molar-refractivity contribution in [3.63, 3.8) is 0 Å². The number of ketones is 1. The molecule has 0 bridgehead atoms. The molecule has 6 heteroatoms. The Morgan fingerprint density at radius 2 is 1.45 bits per heavy atom. The van der Waals surface area contributed by atoms with Gasteiger partial charge in [0.1, 0.15) is 11.5 Å². The molecule has 0 aromatic heterocycles. The molecule has 0 fully saturated rings. The van der Waals surface area contributed by atoms with Gasteiger partial charge in [0, 0.05) is 43.4 Å².